The van der Waals surface area contributed by atoms with Crippen molar-refractivity contribution >= 4 is 11.6 Å². The molecule has 94 valence electrons. The van der Waals surface area contributed by atoms with E-state index in [1.54, 1.807) is 12.3 Å². The van der Waals surface area contributed by atoms with Crippen molar-refractivity contribution in [2.75, 3.05) is 0 Å². The zero-order valence-corrected chi connectivity index (χ0v) is 11.1. The van der Waals surface area contributed by atoms with Crippen LogP contribution in [0.25, 0.3) is 5.82 Å². The fraction of sp³-hybridized carbons (Fsp3) is 0.462. The fourth-order valence-corrected chi connectivity index (χ4v) is 2.21. The minimum Gasteiger partial charge on any atom is -0.288 e. The topological polar surface area (TPSA) is 43.6 Å². The Balaban J connectivity index is 2.01. The highest BCUT2D eigenvalue weighted by molar-refractivity contribution is 6.29. The Morgan fingerprint density at radius 2 is 2.22 bits per heavy atom. The Bertz CT molecular complexity index is 560. The average molecular weight is 263 g/mol. The molecular formula is C13H15ClN4. The molecule has 0 aromatic carbocycles. The van der Waals surface area contributed by atoms with Crippen LogP contribution in [0.4, 0.5) is 0 Å². The van der Waals surface area contributed by atoms with E-state index >= 15 is 0 Å². The Labute approximate surface area is 111 Å². The first-order valence-electron chi connectivity index (χ1n) is 6.35. The van der Waals surface area contributed by atoms with Crippen molar-refractivity contribution in [1.29, 1.82) is 0 Å². The summed E-state index contributed by atoms with van der Waals surface area (Å²) in [7, 11) is 0. The van der Waals surface area contributed by atoms with Crippen LogP contribution in [0, 0.1) is 0 Å². The van der Waals surface area contributed by atoms with Crippen LogP contribution in [0.3, 0.4) is 0 Å². The highest BCUT2D eigenvalue weighted by Crippen LogP contribution is 2.38. The first kappa shape index (κ1) is 11.7. The predicted octanol–water partition coefficient (Wildman–Crippen LogP) is 3.15. The third kappa shape index (κ3) is 2.25. The van der Waals surface area contributed by atoms with Crippen molar-refractivity contribution in [2.45, 2.75) is 38.5 Å². The van der Waals surface area contributed by atoms with Gasteiger partial charge in [-0.05, 0) is 19.3 Å². The fourth-order valence-electron chi connectivity index (χ4n) is 2.02. The van der Waals surface area contributed by atoms with Gasteiger partial charge in [-0.1, -0.05) is 18.5 Å². The smallest absolute Gasteiger partial charge is 0.143 e. The second-order valence-electron chi connectivity index (χ2n) is 4.64. The minimum atomic E-state index is 0.501. The Hall–Kier alpha value is -1.42. The molecular weight excluding hydrogens is 248 g/mol. The lowest BCUT2D eigenvalue weighted by molar-refractivity contribution is 0.785. The first-order valence-corrected chi connectivity index (χ1v) is 6.73. The Morgan fingerprint density at radius 3 is 2.94 bits per heavy atom. The van der Waals surface area contributed by atoms with Gasteiger partial charge in [0.25, 0.3) is 0 Å². The van der Waals surface area contributed by atoms with Crippen LogP contribution < -0.4 is 0 Å². The van der Waals surface area contributed by atoms with E-state index in [-0.39, 0.29) is 0 Å². The van der Waals surface area contributed by atoms with Crippen LogP contribution in [0.15, 0.2) is 18.5 Å². The summed E-state index contributed by atoms with van der Waals surface area (Å²) in [6, 6.07) is 1.80. The molecule has 0 radical (unpaired) electrons. The highest BCUT2D eigenvalue weighted by atomic mass is 35.5. The van der Waals surface area contributed by atoms with Gasteiger partial charge < -0.3 is 0 Å². The van der Waals surface area contributed by atoms with E-state index in [1.165, 1.54) is 12.8 Å². The maximum absolute atomic E-state index is 6.08. The van der Waals surface area contributed by atoms with Crippen LogP contribution in [0.1, 0.15) is 43.8 Å². The van der Waals surface area contributed by atoms with E-state index < -0.39 is 0 Å². The number of rotatable bonds is 4. The monoisotopic (exact) mass is 262 g/mol. The molecule has 0 spiro atoms. The standard InChI is InChI=1S/C13H15ClN4/c1-2-3-11-15-6-7-18(11)12-8-10(14)16-13(17-12)9-4-5-9/h6-9H,2-5H2,1H3. The summed E-state index contributed by atoms with van der Waals surface area (Å²) >= 11 is 6.08. The van der Waals surface area contributed by atoms with Gasteiger partial charge in [0.1, 0.15) is 22.6 Å². The Morgan fingerprint density at radius 1 is 1.39 bits per heavy atom. The molecule has 0 aliphatic heterocycles. The largest absolute Gasteiger partial charge is 0.288 e. The van der Waals surface area contributed by atoms with Gasteiger partial charge in [0.05, 0.1) is 0 Å². The molecule has 0 atom stereocenters. The van der Waals surface area contributed by atoms with Crippen molar-refractivity contribution in [2.24, 2.45) is 0 Å². The zero-order valence-electron chi connectivity index (χ0n) is 10.3. The third-order valence-electron chi connectivity index (χ3n) is 3.08. The summed E-state index contributed by atoms with van der Waals surface area (Å²) in [4.78, 5) is 13.3. The van der Waals surface area contributed by atoms with Crippen LogP contribution >= 0.6 is 11.6 Å². The van der Waals surface area contributed by atoms with Gasteiger partial charge in [-0.3, -0.25) is 4.57 Å². The average Bonchev–Trinajstić information content (AvgIpc) is 3.10. The van der Waals surface area contributed by atoms with Gasteiger partial charge in [-0.2, -0.15) is 0 Å². The lowest BCUT2D eigenvalue weighted by atomic mass is 10.3. The molecule has 0 unspecified atom stereocenters. The number of imidazole rings is 1. The molecule has 18 heavy (non-hydrogen) atoms. The number of aromatic nitrogens is 4. The molecule has 3 rings (SSSR count). The molecule has 0 N–H and O–H groups in total. The number of nitrogens with zero attached hydrogens (tertiary/aromatic N) is 4. The third-order valence-corrected chi connectivity index (χ3v) is 3.27. The summed E-state index contributed by atoms with van der Waals surface area (Å²) in [6.07, 6.45) is 8.08. The molecule has 5 heteroatoms. The molecule has 0 bridgehead atoms. The van der Waals surface area contributed by atoms with E-state index in [0.29, 0.717) is 11.1 Å². The van der Waals surface area contributed by atoms with Crippen molar-refractivity contribution in [1.82, 2.24) is 19.5 Å². The quantitative estimate of drug-likeness (QED) is 0.795. The molecule has 2 aromatic heterocycles. The molecule has 2 heterocycles. The molecule has 1 aliphatic carbocycles. The van der Waals surface area contributed by atoms with Gasteiger partial charge in [0, 0.05) is 30.8 Å². The van der Waals surface area contributed by atoms with Crippen LogP contribution in [0.5, 0.6) is 0 Å². The molecule has 1 fully saturated rings. The van der Waals surface area contributed by atoms with Crippen LogP contribution in [0.2, 0.25) is 5.15 Å². The second kappa shape index (κ2) is 4.69. The minimum absolute atomic E-state index is 0.501. The SMILES string of the molecule is CCCc1nccn1-c1cc(Cl)nc(C2CC2)n1. The van der Waals surface area contributed by atoms with E-state index in [0.717, 1.165) is 30.3 Å². The predicted molar refractivity (Wildman–Crippen MR) is 70.1 cm³/mol. The Kier molecular flexibility index (Phi) is 3.04. The van der Waals surface area contributed by atoms with E-state index in [4.69, 9.17) is 11.6 Å². The number of hydrogen-bond donors (Lipinski definition) is 0. The maximum atomic E-state index is 6.08. The number of aryl methyl sites for hydroxylation is 1. The molecule has 1 saturated carbocycles. The lowest BCUT2D eigenvalue weighted by Crippen LogP contribution is -2.05. The van der Waals surface area contributed by atoms with Crippen LogP contribution in [-0.2, 0) is 6.42 Å². The van der Waals surface area contributed by atoms with Gasteiger partial charge in [0.15, 0.2) is 0 Å². The number of halogens is 1. The molecule has 0 amide bonds. The van der Waals surface area contributed by atoms with Gasteiger partial charge in [-0.15, -0.1) is 0 Å². The van der Waals surface area contributed by atoms with Gasteiger partial charge in [-0.25, -0.2) is 15.0 Å². The lowest BCUT2D eigenvalue weighted by Gasteiger charge is -2.08. The van der Waals surface area contributed by atoms with E-state index in [1.807, 2.05) is 10.8 Å². The number of hydrogen-bond acceptors (Lipinski definition) is 3. The molecule has 1 aliphatic rings. The first-order chi connectivity index (χ1) is 8.78. The molecule has 2 aromatic rings. The van der Waals surface area contributed by atoms with E-state index in [9.17, 15) is 0 Å². The summed E-state index contributed by atoms with van der Waals surface area (Å²) in [5.74, 6) is 3.22. The summed E-state index contributed by atoms with van der Waals surface area (Å²) in [5.41, 5.74) is 0. The summed E-state index contributed by atoms with van der Waals surface area (Å²) in [6.45, 7) is 2.14. The zero-order chi connectivity index (χ0) is 12.5. The normalized spacial score (nSPS) is 15.0. The summed E-state index contributed by atoms with van der Waals surface area (Å²) in [5, 5.41) is 0.512. The van der Waals surface area contributed by atoms with Crippen molar-refractivity contribution < 1.29 is 0 Å². The summed E-state index contributed by atoms with van der Waals surface area (Å²) < 4.78 is 2.00. The van der Waals surface area contributed by atoms with E-state index in [2.05, 4.69) is 21.9 Å². The van der Waals surface area contributed by atoms with Gasteiger partial charge in [0.2, 0.25) is 0 Å². The van der Waals surface area contributed by atoms with Gasteiger partial charge >= 0.3 is 0 Å². The van der Waals surface area contributed by atoms with Crippen molar-refractivity contribution in [3.05, 3.63) is 35.3 Å². The van der Waals surface area contributed by atoms with Crippen molar-refractivity contribution in [3.63, 3.8) is 0 Å². The highest BCUT2D eigenvalue weighted by Gasteiger charge is 2.27. The second-order valence-corrected chi connectivity index (χ2v) is 5.03. The van der Waals surface area contributed by atoms with Crippen molar-refractivity contribution in [3.8, 4) is 5.82 Å². The molecule has 0 saturated heterocycles. The molecule has 4 nitrogen and oxygen atoms in total. The maximum Gasteiger partial charge on any atom is 0.143 e. The van der Waals surface area contributed by atoms with Crippen LogP contribution in [-0.4, -0.2) is 19.5 Å².